The van der Waals surface area contributed by atoms with Gasteiger partial charge in [-0.3, -0.25) is 4.90 Å². The number of hydrogen-bond acceptors (Lipinski definition) is 3. The molecular weight excluding hydrogens is 235 g/mol. The lowest BCUT2D eigenvalue weighted by Crippen LogP contribution is -2.35. The molecule has 0 saturated carbocycles. The van der Waals surface area contributed by atoms with Gasteiger partial charge >= 0.3 is 6.09 Å². The van der Waals surface area contributed by atoms with Crippen molar-refractivity contribution in [1.82, 2.24) is 4.90 Å². The predicted octanol–water partition coefficient (Wildman–Crippen LogP) is 2.26. The van der Waals surface area contributed by atoms with E-state index in [-0.39, 0.29) is 19.6 Å². The Kier molecular flexibility index (Phi) is 3.78. The molecule has 1 aromatic carbocycles. The molecule has 0 N–H and O–H groups in total. The van der Waals surface area contributed by atoms with E-state index in [0.29, 0.717) is 0 Å². The van der Waals surface area contributed by atoms with Gasteiger partial charge in [0, 0.05) is 6.42 Å². The van der Waals surface area contributed by atoms with Crippen molar-refractivity contribution in [2.75, 3.05) is 6.54 Å². The molecule has 2 atom stereocenters. The summed E-state index contributed by atoms with van der Waals surface area (Å²) in [4.78, 5) is 12.9. The topological polar surface area (TPSA) is 53.3 Å². The number of carbonyl (C=O) groups excluding carboxylic acids is 1. The largest absolute Gasteiger partial charge is 0.445 e. The number of hydrogen-bond donors (Lipinski definition) is 0. The van der Waals surface area contributed by atoms with Crippen LogP contribution in [0.1, 0.15) is 12.0 Å². The molecule has 1 heterocycles. The third kappa shape index (κ3) is 2.77. The molecule has 1 fully saturated rings. The monoisotopic (exact) mass is 248 g/mol. The Balaban J connectivity index is 1.91. The zero-order chi connectivity index (χ0) is 13.0. The van der Waals surface area contributed by atoms with E-state index in [9.17, 15) is 9.18 Å². The van der Waals surface area contributed by atoms with Crippen LogP contribution in [0, 0.1) is 11.3 Å². The summed E-state index contributed by atoms with van der Waals surface area (Å²) in [6, 6.07) is 10.4. The van der Waals surface area contributed by atoms with Crippen molar-refractivity contribution in [1.29, 1.82) is 5.26 Å². The first-order chi connectivity index (χ1) is 8.70. The SMILES string of the molecule is N#C[C@@H]1C[C@H](F)CN1C(=O)OCc1ccccc1. The first-order valence-electron chi connectivity index (χ1n) is 5.71. The average Bonchev–Trinajstić information content (AvgIpc) is 2.78. The van der Waals surface area contributed by atoms with Crippen molar-refractivity contribution in [2.24, 2.45) is 0 Å². The van der Waals surface area contributed by atoms with E-state index in [1.165, 1.54) is 0 Å². The Morgan fingerprint density at radius 3 is 2.89 bits per heavy atom. The lowest BCUT2D eigenvalue weighted by molar-refractivity contribution is 0.0963. The van der Waals surface area contributed by atoms with Crippen molar-refractivity contribution in [3.05, 3.63) is 35.9 Å². The average molecular weight is 248 g/mol. The molecule has 18 heavy (non-hydrogen) atoms. The zero-order valence-electron chi connectivity index (χ0n) is 9.75. The van der Waals surface area contributed by atoms with Crippen LogP contribution >= 0.6 is 0 Å². The molecule has 5 heteroatoms. The van der Waals surface area contributed by atoms with Crippen LogP contribution in [-0.2, 0) is 11.3 Å². The maximum Gasteiger partial charge on any atom is 0.411 e. The normalized spacial score (nSPS) is 22.6. The lowest BCUT2D eigenvalue weighted by atomic mass is 10.2. The number of benzene rings is 1. The van der Waals surface area contributed by atoms with Gasteiger partial charge in [-0.25, -0.2) is 9.18 Å². The Morgan fingerprint density at radius 2 is 2.22 bits per heavy atom. The van der Waals surface area contributed by atoms with Crippen LogP contribution in [0.25, 0.3) is 0 Å². The number of amides is 1. The highest BCUT2D eigenvalue weighted by molar-refractivity contribution is 5.69. The fraction of sp³-hybridized carbons (Fsp3) is 0.385. The van der Waals surface area contributed by atoms with E-state index in [2.05, 4.69) is 0 Å². The van der Waals surface area contributed by atoms with Gasteiger partial charge < -0.3 is 4.74 Å². The second-order valence-electron chi connectivity index (χ2n) is 4.17. The number of halogens is 1. The van der Waals surface area contributed by atoms with Crippen molar-refractivity contribution in [2.45, 2.75) is 25.2 Å². The number of likely N-dealkylation sites (tertiary alicyclic amines) is 1. The molecule has 94 valence electrons. The van der Waals surface area contributed by atoms with E-state index >= 15 is 0 Å². The highest BCUT2D eigenvalue weighted by Gasteiger charge is 2.36. The van der Waals surface area contributed by atoms with Gasteiger partial charge in [0.15, 0.2) is 0 Å². The molecule has 2 rings (SSSR count). The van der Waals surface area contributed by atoms with Gasteiger partial charge in [0.2, 0.25) is 0 Å². The summed E-state index contributed by atoms with van der Waals surface area (Å²) in [6.45, 7) is 0.0666. The van der Waals surface area contributed by atoms with Crippen LogP contribution in [0.4, 0.5) is 9.18 Å². The summed E-state index contributed by atoms with van der Waals surface area (Å²) in [5, 5.41) is 8.82. The summed E-state index contributed by atoms with van der Waals surface area (Å²) in [5.74, 6) is 0. The maximum atomic E-state index is 13.1. The first kappa shape index (κ1) is 12.4. The van der Waals surface area contributed by atoms with Crippen LogP contribution in [0.15, 0.2) is 30.3 Å². The van der Waals surface area contributed by atoms with E-state index in [0.717, 1.165) is 10.5 Å². The highest BCUT2D eigenvalue weighted by atomic mass is 19.1. The maximum absolute atomic E-state index is 13.1. The number of nitrogens with zero attached hydrogens (tertiary/aromatic N) is 2. The minimum atomic E-state index is -1.14. The Morgan fingerprint density at radius 1 is 1.50 bits per heavy atom. The van der Waals surface area contributed by atoms with E-state index in [1.807, 2.05) is 36.4 Å². The van der Waals surface area contributed by atoms with Gasteiger partial charge in [-0.15, -0.1) is 0 Å². The van der Waals surface area contributed by atoms with Crippen LogP contribution in [0.2, 0.25) is 0 Å². The van der Waals surface area contributed by atoms with Crippen molar-refractivity contribution < 1.29 is 13.9 Å². The molecule has 1 aliphatic rings. The van der Waals surface area contributed by atoms with Gasteiger partial charge in [-0.1, -0.05) is 30.3 Å². The molecule has 0 aromatic heterocycles. The van der Waals surface area contributed by atoms with E-state index in [1.54, 1.807) is 0 Å². The first-order valence-corrected chi connectivity index (χ1v) is 5.71. The summed E-state index contributed by atoms with van der Waals surface area (Å²) >= 11 is 0. The van der Waals surface area contributed by atoms with Gasteiger partial charge in [-0.05, 0) is 5.56 Å². The third-order valence-electron chi connectivity index (χ3n) is 2.84. The number of carbonyl (C=O) groups is 1. The second kappa shape index (κ2) is 5.50. The van der Waals surface area contributed by atoms with Crippen LogP contribution < -0.4 is 0 Å². The molecule has 1 saturated heterocycles. The molecule has 0 spiro atoms. The molecule has 0 unspecified atom stereocenters. The van der Waals surface area contributed by atoms with E-state index < -0.39 is 18.3 Å². The third-order valence-corrected chi connectivity index (χ3v) is 2.84. The van der Waals surface area contributed by atoms with Crippen molar-refractivity contribution in [3.63, 3.8) is 0 Å². The summed E-state index contributed by atoms with van der Waals surface area (Å²) < 4.78 is 18.2. The van der Waals surface area contributed by atoms with Gasteiger partial charge in [0.05, 0.1) is 12.6 Å². The van der Waals surface area contributed by atoms with Crippen LogP contribution in [0.3, 0.4) is 0 Å². The predicted molar refractivity (Wildman–Crippen MR) is 62.2 cm³/mol. The smallest absolute Gasteiger partial charge is 0.411 e. The Hall–Kier alpha value is -2.09. The summed E-state index contributed by atoms with van der Waals surface area (Å²) in [6.07, 6.45) is -1.71. The van der Waals surface area contributed by atoms with Gasteiger partial charge in [-0.2, -0.15) is 5.26 Å². The molecule has 4 nitrogen and oxygen atoms in total. The summed E-state index contributed by atoms with van der Waals surface area (Å²) in [5.41, 5.74) is 0.857. The van der Waals surface area contributed by atoms with Gasteiger partial charge in [0.25, 0.3) is 0 Å². The quantitative estimate of drug-likeness (QED) is 0.806. The van der Waals surface area contributed by atoms with Crippen molar-refractivity contribution in [3.8, 4) is 6.07 Å². The highest BCUT2D eigenvalue weighted by Crippen LogP contribution is 2.21. The fourth-order valence-electron chi connectivity index (χ4n) is 1.91. The minimum absolute atomic E-state index is 0.0636. The molecule has 1 aliphatic heterocycles. The number of ether oxygens (including phenoxy) is 1. The fourth-order valence-corrected chi connectivity index (χ4v) is 1.91. The van der Waals surface area contributed by atoms with Crippen molar-refractivity contribution >= 4 is 6.09 Å². The Labute approximate surface area is 105 Å². The minimum Gasteiger partial charge on any atom is -0.445 e. The molecule has 0 radical (unpaired) electrons. The molecule has 0 aliphatic carbocycles. The Bertz CT molecular complexity index is 458. The lowest BCUT2D eigenvalue weighted by Gasteiger charge is -2.18. The van der Waals surface area contributed by atoms with Crippen LogP contribution in [0.5, 0.6) is 0 Å². The number of rotatable bonds is 2. The van der Waals surface area contributed by atoms with Gasteiger partial charge in [0.1, 0.15) is 18.8 Å². The molecule has 1 aromatic rings. The standard InChI is InChI=1S/C13H13FN2O2/c14-11-6-12(7-15)16(8-11)13(17)18-9-10-4-2-1-3-5-10/h1-5,11-12H,6,8-9H2/t11-,12-/m0/s1. The number of alkyl halides is 1. The molecule has 1 amide bonds. The second-order valence-corrected chi connectivity index (χ2v) is 4.17. The summed E-state index contributed by atoms with van der Waals surface area (Å²) in [7, 11) is 0. The molecular formula is C13H13FN2O2. The van der Waals surface area contributed by atoms with Crippen LogP contribution in [-0.4, -0.2) is 29.8 Å². The van der Waals surface area contributed by atoms with E-state index in [4.69, 9.17) is 10.00 Å². The zero-order valence-corrected chi connectivity index (χ0v) is 9.75. The molecule has 0 bridgehead atoms. The number of nitriles is 1.